The Kier molecular flexibility index (Phi) is 7.13. The summed E-state index contributed by atoms with van der Waals surface area (Å²) in [4.78, 5) is 22.1. The van der Waals surface area contributed by atoms with Crippen molar-refractivity contribution in [3.8, 4) is 0 Å². The van der Waals surface area contributed by atoms with E-state index in [1.807, 2.05) is 6.92 Å². The van der Waals surface area contributed by atoms with Gasteiger partial charge in [-0.2, -0.15) is 0 Å². The number of hydrogen-bond donors (Lipinski definition) is 2. The molecule has 0 aliphatic carbocycles. The van der Waals surface area contributed by atoms with E-state index in [0.29, 0.717) is 18.4 Å². The molecule has 0 saturated heterocycles. The van der Waals surface area contributed by atoms with Gasteiger partial charge in [0.15, 0.2) is 0 Å². The van der Waals surface area contributed by atoms with E-state index in [0.717, 1.165) is 0 Å². The molecule has 2 N–H and O–H groups in total. The van der Waals surface area contributed by atoms with Gasteiger partial charge in [-0.25, -0.2) is 4.79 Å². The van der Waals surface area contributed by atoms with Crippen molar-refractivity contribution in [2.24, 2.45) is 11.8 Å². The summed E-state index contributed by atoms with van der Waals surface area (Å²) in [5.41, 5.74) is 0. The molecule has 4 nitrogen and oxygen atoms in total. The molecule has 0 aromatic heterocycles. The first kappa shape index (κ1) is 14.2. The molecule has 0 fully saturated rings. The van der Waals surface area contributed by atoms with E-state index < -0.39 is 6.03 Å². The van der Waals surface area contributed by atoms with E-state index in [2.05, 4.69) is 24.5 Å². The Morgan fingerprint density at radius 3 is 2.33 bits per heavy atom. The van der Waals surface area contributed by atoms with Gasteiger partial charge in [-0.1, -0.05) is 20.8 Å². The average Bonchev–Trinajstić information content (AvgIpc) is 2.14. The summed E-state index contributed by atoms with van der Waals surface area (Å²) >= 11 is 5.36. The monoisotopic (exact) mass is 234 g/mol. The van der Waals surface area contributed by atoms with Crippen molar-refractivity contribution in [1.82, 2.24) is 10.6 Å². The molecule has 0 saturated carbocycles. The van der Waals surface area contributed by atoms with Gasteiger partial charge in [0.05, 0.1) is 0 Å². The van der Waals surface area contributed by atoms with Crippen molar-refractivity contribution in [3.05, 3.63) is 0 Å². The van der Waals surface area contributed by atoms with Gasteiger partial charge in [0.25, 0.3) is 0 Å². The van der Waals surface area contributed by atoms with E-state index in [1.54, 1.807) is 0 Å². The second-order valence-electron chi connectivity index (χ2n) is 3.92. The Morgan fingerprint density at radius 2 is 1.87 bits per heavy atom. The second-order valence-corrected chi connectivity index (χ2v) is 4.30. The first-order chi connectivity index (χ1) is 6.97. The first-order valence-corrected chi connectivity index (χ1v) is 5.64. The maximum atomic E-state index is 11.2. The van der Waals surface area contributed by atoms with Gasteiger partial charge in [0.1, 0.15) is 0 Å². The Bertz CT molecular complexity index is 219. The minimum absolute atomic E-state index is 0.161. The quantitative estimate of drug-likeness (QED) is 0.712. The first-order valence-electron chi connectivity index (χ1n) is 5.11. The highest BCUT2D eigenvalue weighted by Gasteiger charge is 2.10. The van der Waals surface area contributed by atoms with Gasteiger partial charge >= 0.3 is 6.03 Å². The fourth-order valence-electron chi connectivity index (χ4n) is 0.809. The fourth-order valence-corrected chi connectivity index (χ4v) is 0.980. The number of carbonyl (C=O) groups excluding carboxylic acids is 2. The van der Waals surface area contributed by atoms with Crippen LogP contribution in [0.5, 0.6) is 0 Å². The lowest BCUT2D eigenvalue weighted by molar-refractivity contribution is -0.119. The second kappa shape index (κ2) is 7.51. The zero-order valence-corrected chi connectivity index (χ0v) is 10.2. The number of nitrogens with one attached hydrogen (secondary N) is 2. The summed E-state index contributed by atoms with van der Waals surface area (Å²) in [6.07, 6.45) is 0.161. The van der Waals surface area contributed by atoms with Crippen molar-refractivity contribution in [2.45, 2.75) is 27.2 Å². The lowest BCUT2D eigenvalue weighted by Crippen LogP contribution is -2.41. The van der Waals surface area contributed by atoms with Crippen molar-refractivity contribution in [3.63, 3.8) is 0 Å². The van der Waals surface area contributed by atoms with Crippen LogP contribution in [0, 0.1) is 11.8 Å². The topological polar surface area (TPSA) is 58.2 Å². The highest BCUT2D eigenvalue weighted by Crippen LogP contribution is 2.07. The number of hydrogen-bond acceptors (Lipinski definition) is 2. The molecule has 0 spiro atoms. The maximum absolute atomic E-state index is 11.2. The summed E-state index contributed by atoms with van der Waals surface area (Å²) in [7, 11) is 0. The third-order valence-electron chi connectivity index (χ3n) is 2.30. The van der Waals surface area contributed by atoms with Crippen LogP contribution in [0.25, 0.3) is 0 Å². The van der Waals surface area contributed by atoms with Gasteiger partial charge in [0.2, 0.25) is 5.91 Å². The van der Waals surface area contributed by atoms with Crippen LogP contribution in [-0.2, 0) is 4.79 Å². The van der Waals surface area contributed by atoms with Crippen LogP contribution in [0.1, 0.15) is 27.2 Å². The number of carbonyl (C=O) groups is 2. The van der Waals surface area contributed by atoms with Crippen molar-refractivity contribution >= 4 is 23.5 Å². The summed E-state index contributed by atoms with van der Waals surface area (Å²) < 4.78 is 0. The molecule has 0 rings (SSSR count). The zero-order chi connectivity index (χ0) is 11.8. The van der Waals surface area contributed by atoms with Crippen LogP contribution in [0.15, 0.2) is 0 Å². The van der Waals surface area contributed by atoms with Crippen LogP contribution in [0.3, 0.4) is 0 Å². The highest BCUT2D eigenvalue weighted by molar-refractivity contribution is 6.19. The molecule has 0 aliphatic heterocycles. The minimum Gasteiger partial charge on any atom is -0.338 e. The van der Waals surface area contributed by atoms with Gasteiger partial charge in [0, 0.05) is 18.8 Å². The van der Waals surface area contributed by atoms with Crippen LogP contribution >= 0.6 is 11.6 Å². The number of imide groups is 1. The average molecular weight is 235 g/mol. The van der Waals surface area contributed by atoms with Gasteiger partial charge in [-0.05, 0) is 11.8 Å². The number of halogens is 1. The molecular weight excluding hydrogens is 216 g/mol. The Morgan fingerprint density at radius 1 is 1.27 bits per heavy atom. The third kappa shape index (κ3) is 7.19. The molecule has 5 heteroatoms. The molecule has 1 atom stereocenters. The maximum Gasteiger partial charge on any atom is 0.321 e. The van der Waals surface area contributed by atoms with Crippen LogP contribution in [-0.4, -0.2) is 24.4 Å². The number of urea groups is 1. The highest BCUT2D eigenvalue weighted by atomic mass is 35.5. The van der Waals surface area contributed by atoms with Crippen molar-refractivity contribution in [2.75, 3.05) is 12.4 Å². The lowest BCUT2D eigenvalue weighted by atomic mass is 9.98. The molecular formula is C10H19ClN2O2. The summed E-state index contributed by atoms with van der Waals surface area (Å²) in [5, 5.41) is 4.84. The molecule has 1 unspecified atom stereocenters. The molecule has 0 aromatic carbocycles. The van der Waals surface area contributed by atoms with E-state index in [1.165, 1.54) is 0 Å². The normalized spacial score (nSPS) is 12.3. The van der Waals surface area contributed by atoms with E-state index in [4.69, 9.17) is 11.6 Å². The number of amides is 3. The molecule has 15 heavy (non-hydrogen) atoms. The van der Waals surface area contributed by atoms with Crippen LogP contribution in [0.2, 0.25) is 0 Å². The molecule has 0 radical (unpaired) electrons. The Balaban J connectivity index is 3.70. The Hall–Kier alpha value is -0.770. The third-order valence-corrected chi connectivity index (χ3v) is 2.49. The van der Waals surface area contributed by atoms with Gasteiger partial charge in [-0.15, -0.1) is 11.6 Å². The van der Waals surface area contributed by atoms with E-state index >= 15 is 0 Å². The molecule has 88 valence electrons. The molecule has 0 aliphatic rings. The fraction of sp³-hybridized carbons (Fsp3) is 0.800. The standard InChI is InChI=1S/C10H19ClN2O2/c1-7(2)8(3)6-12-10(15)13-9(14)4-5-11/h7-8H,4-6H2,1-3H3,(H2,12,13,14,15). The smallest absolute Gasteiger partial charge is 0.321 e. The van der Waals surface area contributed by atoms with E-state index in [9.17, 15) is 9.59 Å². The predicted octanol–water partition coefficient (Wildman–Crippen LogP) is 1.73. The van der Waals surface area contributed by atoms with Crippen LogP contribution < -0.4 is 10.6 Å². The van der Waals surface area contributed by atoms with Gasteiger partial charge < -0.3 is 5.32 Å². The molecule has 0 heterocycles. The molecule has 0 aromatic rings. The summed E-state index contributed by atoms with van der Waals surface area (Å²) in [6, 6.07) is -0.447. The molecule has 3 amide bonds. The SMILES string of the molecule is CC(C)C(C)CNC(=O)NC(=O)CCCl. The summed E-state index contributed by atoms with van der Waals surface area (Å²) in [6.45, 7) is 6.79. The largest absolute Gasteiger partial charge is 0.338 e. The van der Waals surface area contributed by atoms with Crippen molar-refractivity contribution in [1.29, 1.82) is 0 Å². The molecule has 0 bridgehead atoms. The number of rotatable bonds is 5. The van der Waals surface area contributed by atoms with Crippen LogP contribution in [0.4, 0.5) is 4.79 Å². The lowest BCUT2D eigenvalue weighted by Gasteiger charge is -2.15. The Labute approximate surface area is 95.7 Å². The predicted molar refractivity (Wildman–Crippen MR) is 60.9 cm³/mol. The van der Waals surface area contributed by atoms with Gasteiger partial charge in [-0.3, -0.25) is 10.1 Å². The number of alkyl halides is 1. The van der Waals surface area contributed by atoms with Crippen molar-refractivity contribution < 1.29 is 9.59 Å². The zero-order valence-electron chi connectivity index (χ0n) is 9.47. The van der Waals surface area contributed by atoms with E-state index in [-0.39, 0.29) is 18.2 Å². The summed E-state index contributed by atoms with van der Waals surface area (Å²) in [5.74, 6) is 0.768. The minimum atomic E-state index is -0.447.